The van der Waals surface area contributed by atoms with Gasteiger partial charge in [-0.2, -0.15) is 11.8 Å². The molecule has 1 atom stereocenters. The number of amides is 2. The minimum Gasteiger partial charge on any atom is -0.480 e. The molecule has 0 aromatic heterocycles. The van der Waals surface area contributed by atoms with Crippen LogP contribution in [0.25, 0.3) is 0 Å². The predicted octanol–water partition coefficient (Wildman–Crippen LogP) is 0.211. The van der Waals surface area contributed by atoms with Crippen LogP contribution in [0.3, 0.4) is 0 Å². The Kier molecular flexibility index (Phi) is 8.19. The van der Waals surface area contributed by atoms with Crippen LogP contribution in [0.1, 0.15) is 26.7 Å². The average Bonchev–Trinajstić information content (AvgIpc) is 2.22. The van der Waals surface area contributed by atoms with Gasteiger partial charge in [-0.1, -0.05) is 13.8 Å². The molecule has 0 saturated heterocycles. The molecule has 7 heteroatoms. The molecule has 0 unspecified atom stereocenters. The molecule has 0 aliphatic heterocycles. The van der Waals surface area contributed by atoms with Crippen molar-refractivity contribution in [2.45, 2.75) is 32.7 Å². The number of carbonyl (C=O) groups is 3. The Labute approximate surface area is 111 Å². The Morgan fingerprint density at radius 1 is 1.33 bits per heavy atom. The molecule has 0 bridgehead atoms. The van der Waals surface area contributed by atoms with E-state index in [4.69, 9.17) is 10.8 Å². The normalized spacial score (nSPS) is 12.2. The van der Waals surface area contributed by atoms with Crippen molar-refractivity contribution in [3.63, 3.8) is 0 Å². The second-order valence-corrected chi connectivity index (χ2v) is 5.46. The van der Waals surface area contributed by atoms with Crippen molar-refractivity contribution in [2.75, 3.05) is 11.5 Å². The van der Waals surface area contributed by atoms with Crippen LogP contribution < -0.4 is 11.1 Å². The summed E-state index contributed by atoms with van der Waals surface area (Å²) in [4.78, 5) is 32.8. The summed E-state index contributed by atoms with van der Waals surface area (Å²) in [6.45, 7) is 3.79. The lowest BCUT2D eigenvalue weighted by Crippen LogP contribution is -2.41. The van der Waals surface area contributed by atoms with Gasteiger partial charge in [0.1, 0.15) is 6.04 Å². The quantitative estimate of drug-likeness (QED) is 0.521. The predicted molar refractivity (Wildman–Crippen MR) is 70.2 cm³/mol. The molecule has 2 amide bonds. The van der Waals surface area contributed by atoms with E-state index in [0.29, 0.717) is 12.2 Å². The maximum absolute atomic E-state index is 11.5. The van der Waals surface area contributed by atoms with E-state index in [1.807, 2.05) is 13.8 Å². The number of carboxylic acid groups (broad SMARTS) is 1. The molecule has 0 aliphatic rings. The van der Waals surface area contributed by atoms with E-state index in [1.165, 1.54) is 11.8 Å². The SMILES string of the molecule is CC(C)C[C@@H](NC(=O)CCSCC(N)=O)C(=O)O. The lowest BCUT2D eigenvalue weighted by molar-refractivity contribution is -0.142. The molecule has 0 rings (SSSR count). The number of primary amides is 1. The average molecular weight is 276 g/mol. The molecule has 0 fully saturated rings. The maximum Gasteiger partial charge on any atom is 0.326 e. The summed E-state index contributed by atoms with van der Waals surface area (Å²) < 4.78 is 0. The van der Waals surface area contributed by atoms with E-state index in [9.17, 15) is 14.4 Å². The number of thioether (sulfide) groups is 1. The van der Waals surface area contributed by atoms with Crippen molar-refractivity contribution >= 4 is 29.5 Å². The largest absolute Gasteiger partial charge is 0.480 e. The lowest BCUT2D eigenvalue weighted by Gasteiger charge is -2.16. The monoisotopic (exact) mass is 276 g/mol. The Morgan fingerprint density at radius 3 is 2.39 bits per heavy atom. The summed E-state index contributed by atoms with van der Waals surface area (Å²) in [5.74, 6) is -0.967. The molecule has 0 aromatic carbocycles. The van der Waals surface area contributed by atoms with Crippen molar-refractivity contribution < 1.29 is 19.5 Å². The minimum absolute atomic E-state index is 0.168. The third-order valence-electron chi connectivity index (χ3n) is 2.06. The van der Waals surface area contributed by atoms with Gasteiger partial charge in [-0.05, 0) is 12.3 Å². The molecular formula is C11H20N2O4S. The van der Waals surface area contributed by atoms with Gasteiger partial charge in [0.25, 0.3) is 0 Å². The fourth-order valence-electron chi connectivity index (χ4n) is 1.30. The first-order chi connectivity index (χ1) is 8.32. The fraction of sp³-hybridized carbons (Fsp3) is 0.727. The van der Waals surface area contributed by atoms with Crippen LogP contribution in [-0.4, -0.2) is 40.4 Å². The van der Waals surface area contributed by atoms with Gasteiger partial charge in [0.15, 0.2) is 0 Å². The molecule has 0 aliphatic carbocycles. The first kappa shape index (κ1) is 16.8. The van der Waals surface area contributed by atoms with Gasteiger partial charge in [-0.15, -0.1) is 0 Å². The molecule has 6 nitrogen and oxygen atoms in total. The summed E-state index contributed by atoms with van der Waals surface area (Å²) >= 11 is 1.26. The van der Waals surface area contributed by atoms with E-state index in [2.05, 4.69) is 5.32 Å². The number of hydrogen-bond acceptors (Lipinski definition) is 4. The van der Waals surface area contributed by atoms with Crippen molar-refractivity contribution in [2.24, 2.45) is 11.7 Å². The van der Waals surface area contributed by atoms with Gasteiger partial charge in [-0.25, -0.2) is 4.79 Å². The third-order valence-corrected chi connectivity index (χ3v) is 3.04. The minimum atomic E-state index is -1.03. The standard InChI is InChI=1S/C11H20N2O4S/c1-7(2)5-8(11(16)17)13-10(15)3-4-18-6-9(12)14/h7-8H,3-6H2,1-2H3,(H2,12,14)(H,13,15)(H,16,17)/t8-/m1/s1. The molecule has 0 radical (unpaired) electrons. The van der Waals surface area contributed by atoms with Crippen LogP contribution in [-0.2, 0) is 14.4 Å². The lowest BCUT2D eigenvalue weighted by atomic mass is 10.0. The van der Waals surface area contributed by atoms with Crippen LogP contribution >= 0.6 is 11.8 Å². The van der Waals surface area contributed by atoms with Crippen molar-refractivity contribution in [3.05, 3.63) is 0 Å². The van der Waals surface area contributed by atoms with Gasteiger partial charge in [-0.3, -0.25) is 9.59 Å². The van der Waals surface area contributed by atoms with Gasteiger partial charge >= 0.3 is 5.97 Å². The van der Waals surface area contributed by atoms with Crippen LogP contribution in [0.15, 0.2) is 0 Å². The van der Waals surface area contributed by atoms with E-state index in [-0.39, 0.29) is 24.0 Å². The number of rotatable bonds is 9. The van der Waals surface area contributed by atoms with E-state index in [1.54, 1.807) is 0 Å². The smallest absolute Gasteiger partial charge is 0.326 e. The van der Waals surface area contributed by atoms with E-state index < -0.39 is 17.9 Å². The van der Waals surface area contributed by atoms with Gasteiger partial charge in [0.2, 0.25) is 11.8 Å². The number of aliphatic carboxylic acids is 1. The van der Waals surface area contributed by atoms with Gasteiger partial charge in [0, 0.05) is 12.2 Å². The first-order valence-electron chi connectivity index (χ1n) is 5.71. The van der Waals surface area contributed by atoms with Gasteiger partial charge < -0.3 is 16.2 Å². The summed E-state index contributed by atoms with van der Waals surface area (Å²) in [6.07, 6.45) is 0.579. The van der Waals surface area contributed by atoms with Crippen molar-refractivity contribution in [1.82, 2.24) is 5.32 Å². The number of carbonyl (C=O) groups excluding carboxylic acids is 2. The zero-order chi connectivity index (χ0) is 14.1. The molecule has 0 saturated carbocycles. The Bertz CT molecular complexity index is 307. The highest BCUT2D eigenvalue weighted by Gasteiger charge is 2.20. The third kappa shape index (κ3) is 8.86. The molecule has 0 aromatic rings. The fourth-order valence-corrected chi connectivity index (χ4v) is 1.97. The molecule has 0 heterocycles. The van der Waals surface area contributed by atoms with Crippen LogP contribution in [0.4, 0.5) is 0 Å². The molecule has 18 heavy (non-hydrogen) atoms. The number of hydrogen-bond donors (Lipinski definition) is 3. The Balaban J connectivity index is 3.95. The zero-order valence-electron chi connectivity index (χ0n) is 10.6. The number of carboxylic acids is 1. The second kappa shape index (κ2) is 8.79. The van der Waals surface area contributed by atoms with E-state index >= 15 is 0 Å². The Morgan fingerprint density at radius 2 is 1.94 bits per heavy atom. The second-order valence-electron chi connectivity index (χ2n) is 4.36. The molecule has 104 valence electrons. The topological polar surface area (TPSA) is 109 Å². The van der Waals surface area contributed by atoms with Gasteiger partial charge in [0.05, 0.1) is 5.75 Å². The summed E-state index contributed by atoms with van der Waals surface area (Å²) in [7, 11) is 0. The number of nitrogens with two attached hydrogens (primary N) is 1. The van der Waals surface area contributed by atoms with Crippen molar-refractivity contribution in [3.8, 4) is 0 Å². The highest BCUT2D eigenvalue weighted by atomic mass is 32.2. The number of nitrogens with one attached hydrogen (secondary N) is 1. The highest BCUT2D eigenvalue weighted by Crippen LogP contribution is 2.06. The van der Waals surface area contributed by atoms with Crippen molar-refractivity contribution in [1.29, 1.82) is 0 Å². The zero-order valence-corrected chi connectivity index (χ0v) is 11.5. The molecule has 0 spiro atoms. The summed E-state index contributed by atoms with van der Waals surface area (Å²) in [5.41, 5.74) is 4.95. The molecular weight excluding hydrogens is 256 g/mol. The summed E-state index contributed by atoms with van der Waals surface area (Å²) in [6, 6.07) is -0.848. The van der Waals surface area contributed by atoms with Crippen LogP contribution in [0, 0.1) is 5.92 Å². The van der Waals surface area contributed by atoms with Crippen LogP contribution in [0.5, 0.6) is 0 Å². The highest BCUT2D eigenvalue weighted by molar-refractivity contribution is 7.99. The summed E-state index contributed by atoms with van der Waals surface area (Å²) in [5, 5.41) is 11.4. The maximum atomic E-state index is 11.5. The van der Waals surface area contributed by atoms with Crippen LogP contribution in [0.2, 0.25) is 0 Å². The first-order valence-corrected chi connectivity index (χ1v) is 6.86. The Hall–Kier alpha value is -1.24. The van der Waals surface area contributed by atoms with E-state index in [0.717, 1.165) is 0 Å². The molecule has 4 N–H and O–H groups in total.